The molecular formula is C16H19NO3. The molecule has 0 saturated heterocycles. The fourth-order valence-electron chi connectivity index (χ4n) is 2.03. The quantitative estimate of drug-likeness (QED) is 0.837. The third kappa shape index (κ3) is 2.90. The molecule has 1 heterocycles. The van der Waals surface area contributed by atoms with Crippen LogP contribution in [0.3, 0.4) is 0 Å². The third-order valence-electron chi connectivity index (χ3n) is 3.29. The Labute approximate surface area is 118 Å². The molecule has 0 aliphatic rings. The zero-order valence-electron chi connectivity index (χ0n) is 12.3. The average molecular weight is 273 g/mol. The predicted molar refractivity (Wildman–Crippen MR) is 76.8 cm³/mol. The SMILES string of the molecule is COc1ccc(-c2c(C)noc2CC(=O)C(C)C)cc1. The van der Waals surface area contributed by atoms with E-state index in [-0.39, 0.29) is 18.1 Å². The first-order valence-corrected chi connectivity index (χ1v) is 6.65. The highest BCUT2D eigenvalue weighted by Crippen LogP contribution is 2.29. The molecule has 4 nitrogen and oxygen atoms in total. The first-order chi connectivity index (χ1) is 9.52. The van der Waals surface area contributed by atoms with Gasteiger partial charge in [-0.15, -0.1) is 0 Å². The maximum absolute atomic E-state index is 11.9. The molecule has 0 N–H and O–H groups in total. The van der Waals surface area contributed by atoms with E-state index in [1.807, 2.05) is 45.0 Å². The summed E-state index contributed by atoms with van der Waals surface area (Å²) < 4.78 is 10.5. The Hall–Kier alpha value is -2.10. The van der Waals surface area contributed by atoms with Crippen molar-refractivity contribution in [2.75, 3.05) is 7.11 Å². The van der Waals surface area contributed by atoms with Crippen molar-refractivity contribution in [1.82, 2.24) is 5.16 Å². The van der Waals surface area contributed by atoms with Crippen LogP contribution in [0.2, 0.25) is 0 Å². The number of hydrogen-bond donors (Lipinski definition) is 0. The second kappa shape index (κ2) is 5.90. The van der Waals surface area contributed by atoms with E-state index in [4.69, 9.17) is 9.26 Å². The number of carbonyl (C=O) groups excluding carboxylic acids is 1. The number of hydrogen-bond acceptors (Lipinski definition) is 4. The minimum absolute atomic E-state index is 0.0101. The van der Waals surface area contributed by atoms with Crippen LogP contribution in [0, 0.1) is 12.8 Å². The fourth-order valence-corrected chi connectivity index (χ4v) is 2.03. The lowest BCUT2D eigenvalue weighted by atomic mass is 9.98. The van der Waals surface area contributed by atoms with E-state index in [0.717, 1.165) is 22.6 Å². The summed E-state index contributed by atoms with van der Waals surface area (Å²) in [5.74, 6) is 1.56. The van der Waals surface area contributed by atoms with Crippen molar-refractivity contribution in [3.05, 3.63) is 35.7 Å². The monoisotopic (exact) mass is 273 g/mol. The molecule has 20 heavy (non-hydrogen) atoms. The molecule has 1 aromatic carbocycles. The van der Waals surface area contributed by atoms with Gasteiger partial charge in [0.05, 0.1) is 19.2 Å². The summed E-state index contributed by atoms with van der Waals surface area (Å²) in [6.45, 7) is 5.66. The smallest absolute Gasteiger partial charge is 0.152 e. The molecule has 2 rings (SSSR count). The Morgan fingerprint density at radius 3 is 2.50 bits per heavy atom. The van der Waals surface area contributed by atoms with Gasteiger partial charge in [-0.2, -0.15) is 0 Å². The summed E-state index contributed by atoms with van der Waals surface area (Å²) in [4.78, 5) is 11.9. The van der Waals surface area contributed by atoms with Gasteiger partial charge in [-0.3, -0.25) is 4.79 Å². The van der Waals surface area contributed by atoms with Crippen molar-refractivity contribution in [2.24, 2.45) is 5.92 Å². The molecule has 0 amide bonds. The summed E-state index contributed by atoms with van der Waals surface area (Å²) in [5, 5.41) is 3.99. The third-order valence-corrected chi connectivity index (χ3v) is 3.29. The average Bonchev–Trinajstić information content (AvgIpc) is 2.80. The van der Waals surface area contributed by atoms with Gasteiger partial charge < -0.3 is 9.26 Å². The van der Waals surface area contributed by atoms with Gasteiger partial charge in [-0.25, -0.2) is 0 Å². The minimum Gasteiger partial charge on any atom is -0.497 e. The summed E-state index contributed by atoms with van der Waals surface area (Å²) in [6, 6.07) is 7.66. The van der Waals surface area contributed by atoms with Crippen molar-refractivity contribution < 1.29 is 14.1 Å². The van der Waals surface area contributed by atoms with E-state index in [1.54, 1.807) is 7.11 Å². The zero-order chi connectivity index (χ0) is 14.7. The van der Waals surface area contributed by atoms with Gasteiger partial charge in [0.15, 0.2) is 5.76 Å². The molecule has 0 aliphatic heterocycles. The Morgan fingerprint density at radius 1 is 1.30 bits per heavy atom. The number of benzene rings is 1. The summed E-state index contributed by atoms with van der Waals surface area (Å²) in [7, 11) is 1.63. The van der Waals surface area contributed by atoms with Crippen LogP contribution in [0.4, 0.5) is 0 Å². The van der Waals surface area contributed by atoms with Crippen LogP contribution in [-0.2, 0) is 11.2 Å². The fraction of sp³-hybridized carbons (Fsp3) is 0.375. The molecule has 0 aliphatic carbocycles. The van der Waals surface area contributed by atoms with Crippen molar-refractivity contribution in [3.63, 3.8) is 0 Å². The molecular weight excluding hydrogens is 254 g/mol. The van der Waals surface area contributed by atoms with E-state index < -0.39 is 0 Å². The molecule has 0 atom stereocenters. The van der Waals surface area contributed by atoms with E-state index in [1.165, 1.54) is 0 Å². The van der Waals surface area contributed by atoms with Crippen molar-refractivity contribution in [2.45, 2.75) is 27.2 Å². The van der Waals surface area contributed by atoms with E-state index in [0.29, 0.717) is 5.76 Å². The van der Waals surface area contributed by atoms with E-state index in [2.05, 4.69) is 5.16 Å². The first-order valence-electron chi connectivity index (χ1n) is 6.65. The molecule has 0 spiro atoms. The molecule has 0 fully saturated rings. The van der Waals surface area contributed by atoms with Gasteiger partial charge in [0.2, 0.25) is 0 Å². The largest absolute Gasteiger partial charge is 0.497 e. The van der Waals surface area contributed by atoms with Crippen LogP contribution in [0.15, 0.2) is 28.8 Å². The number of ether oxygens (including phenoxy) is 1. The number of carbonyl (C=O) groups is 1. The van der Waals surface area contributed by atoms with Gasteiger partial charge in [-0.05, 0) is 24.6 Å². The summed E-state index contributed by atoms with van der Waals surface area (Å²) in [5.41, 5.74) is 2.68. The number of methoxy groups -OCH3 is 1. The molecule has 106 valence electrons. The second-order valence-corrected chi connectivity index (χ2v) is 5.09. The Bertz CT molecular complexity index is 597. The topological polar surface area (TPSA) is 52.3 Å². The minimum atomic E-state index is -0.0101. The highest BCUT2D eigenvalue weighted by Gasteiger charge is 2.19. The van der Waals surface area contributed by atoms with Crippen LogP contribution in [0.5, 0.6) is 5.75 Å². The Balaban J connectivity index is 2.35. The van der Waals surface area contributed by atoms with Gasteiger partial charge in [0.1, 0.15) is 11.5 Å². The van der Waals surface area contributed by atoms with Crippen molar-refractivity contribution in [3.8, 4) is 16.9 Å². The predicted octanol–water partition coefficient (Wildman–Crippen LogP) is 3.43. The van der Waals surface area contributed by atoms with Crippen LogP contribution in [0.25, 0.3) is 11.1 Å². The van der Waals surface area contributed by atoms with Crippen LogP contribution < -0.4 is 4.74 Å². The number of rotatable bonds is 5. The van der Waals surface area contributed by atoms with Gasteiger partial charge >= 0.3 is 0 Å². The number of Topliss-reactive ketones (excluding diaryl/α,β-unsaturated/α-hetero) is 1. The molecule has 0 radical (unpaired) electrons. The van der Waals surface area contributed by atoms with Gasteiger partial charge in [0.25, 0.3) is 0 Å². The lowest BCUT2D eigenvalue weighted by Gasteiger charge is -2.06. The maximum atomic E-state index is 11.9. The van der Waals surface area contributed by atoms with Crippen molar-refractivity contribution >= 4 is 5.78 Å². The van der Waals surface area contributed by atoms with Crippen LogP contribution >= 0.6 is 0 Å². The molecule has 4 heteroatoms. The molecule has 0 unspecified atom stereocenters. The van der Waals surface area contributed by atoms with Crippen LogP contribution in [-0.4, -0.2) is 18.0 Å². The normalized spacial score (nSPS) is 10.8. The number of aryl methyl sites for hydroxylation is 1. The van der Waals surface area contributed by atoms with Gasteiger partial charge in [0, 0.05) is 11.5 Å². The zero-order valence-corrected chi connectivity index (χ0v) is 12.3. The number of aromatic nitrogens is 1. The summed E-state index contributed by atoms with van der Waals surface area (Å²) >= 11 is 0. The highest BCUT2D eigenvalue weighted by molar-refractivity contribution is 5.84. The van der Waals surface area contributed by atoms with Gasteiger partial charge in [-0.1, -0.05) is 31.1 Å². The first kappa shape index (κ1) is 14.3. The van der Waals surface area contributed by atoms with Crippen LogP contribution in [0.1, 0.15) is 25.3 Å². The Morgan fingerprint density at radius 2 is 1.95 bits per heavy atom. The number of ketones is 1. The molecule has 0 bridgehead atoms. The maximum Gasteiger partial charge on any atom is 0.152 e. The second-order valence-electron chi connectivity index (χ2n) is 5.09. The lowest BCUT2D eigenvalue weighted by molar-refractivity contribution is -0.121. The highest BCUT2D eigenvalue weighted by atomic mass is 16.5. The summed E-state index contributed by atoms with van der Waals surface area (Å²) in [6.07, 6.45) is 0.278. The van der Waals surface area contributed by atoms with Crippen molar-refractivity contribution in [1.29, 1.82) is 0 Å². The number of nitrogens with zero attached hydrogens (tertiary/aromatic N) is 1. The van der Waals surface area contributed by atoms with E-state index >= 15 is 0 Å². The standard InChI is InChI=1S/C16H19NO3/c1-10(2)14(18)9-15-16(11(3)17-20-15)12-5-7-13(19-4)8-6-12/h5-8,10H,9H2,1-4H3. The molecule has 1 aromatic heterocycles. The molecule has 2 aromatic rings. The van der Waals surface area contributed by atoms with E-state index in [9.17, 15) is 4.79 Å². The molecule has 0 saturated carbocycles. The lowest BCUT2D eigenvalue weighted by Crippen LogP contribution is -2.10. The Kier molecular flexibility index (Phi) is 4.23.